The quantitative estimate of drug-likeness (QED) is 0.620. The van der Waals surface area contributed by atoms with Crippen LogP contribution in [0, 0.1) is 6.92 Å². The third-order valence-corrected chi connectivity index (χ3v) is 5.58. The number of carbonyl (C=O) groups excluding carboxylic acids is 1. The normalized spacial score (nSPS) is 13.9. The number of piperazine rings is 1. The van der Waals surface area contributed by atoms with Crippen molar-refractivity contribution in [3.8, 4) is 0 Å². The van der Waals surface area contributed by atoms with Crippen LogP contribution >= 0.6 is 11.3 Å². The molecule has 3 aromatic rings. The average Bonchev–Trinajstić information content (AvgIpc) is 3.16. The van der Waals surface area contributed by atoms with Gasteiger partial charge in [0.15, 0.2) is 0 Å². The van der Waals surface area contributed by atoms with E-state index >= 15 is 0 Å². The number of hydrogen-bond acceptors (Lipinski definition) is 9. The Morgan fingerprint density at radius 1 is 1.22 bits per heavy atom. The summed E-state index contributed by atoms with van der Waals surface area (Å²) in [6.45, 7) is 12.1. The van der Waals surface area contributed by atoms with Crippen molar-refractivity contribution in [2.24, 2.45) is 0 Å². The van der Waals surface area contributed by atoms with Gasteiger partial charge in [0.2, 0.25) is 0 Å². The zero-order valence-electron chi connectivity index (χ0n) is 19.1. The summed E-state index contributed by atoms with van der Waals surface area (Å²) in [5.41, 5.74) is 0.396. The molecule has 170 valence electrons. The van der Waals surface area contributed by atoms with Crippen molar-refractivity contribution in [1.82, 2.24) is 19.9 Å². The predicted molar refractivity (Wildman–Crippen MR) is 129 cm³/mol. The van der Waals surface area contributed by atoms with Gasteiger partial charge in [0.05, 0.1) is 0 Å². The number of nitrogens with zero attached hydrogens (tertiary/aromatic N) is 5. The van der Waals surface area contributed by atoms with Crippen LogP contribution < -0.4 is 10.2 Å². The molecule has 2 N–H and O–H groups in total. The number of amides is 1. The Hall–Kier alpha value is -2.79. The van der Waals surface area contributed by atoms with E-state index < -0.39 is 5.60 Å². The van der Waals surface area contributed by atoms with Gasteiger partial charge in [-0.05, 0) is 20.8 Å². The number of fused-ring (bicyclic) bond motifs is 1. The molecule has 1 aliphatic rings. The molecule has 0 saturated carbocycles. The van der Waals surface area contributed by atoms with Crippen LogP contribution in [-0.2, 0) is 4.74 Å². The fourth-order valence-corrected chi connectivity index (χ4v) is 4.14. The van der Waals surface area contributed by atoms with E-state index in [0.717, 1.165) is 33.6 Å². The van der Waals surface area contributed by atoms with E-state index in [1.54, 1.807) is 22.4 Å². The van der Waals surface area contributed by atoms with E-state index in [9.17, 15) is 4.79 Å². The molecule has 32 heavy (non-hydrogen) atoms. The number of anilines is 3. The third kappa shape index (κ3) is 6.13. The molecule has 0 aromatic carbocycles. The molecule has 4 heterocycles. The van der Waals surface area contributed by atoms with E-state index in [0.29, 0.717) is 32.1 Å². The molecule has 0 spiro atoms. The number of aromatic nitrogens is 3. The van der Waals surface area contributed by atoms with Crippen LogP contribution in [0.4, 0.5) is 21.5 Å². The Morgan fingerprint density at radius 3 is 2.59 bits per heavy atom. The number of rotatable bonds is 3. The van der Waals surface area contributed by atoms with Crippen molar-refractivity contribution < 1.29 is 14.6 Å². The monoisotopic (exact) mass is 456 g/mol. The van der Waals surface area contributed by atoms with Gasteiger partial charge in [0.1, 0.15) is 0 Å². The van der Waals surface area contributed by atoms with Crippen molar-refractivity contribution in [2.45, 2.75) is 33.3 Å². The van der Waals surface area contributed by atoms with Gasteiger partial charge in [-0.1, -0.05) is 0 Å². The van der Waals surface area contributed by atoms with Crippen LogP contribution in [0.2, 0.25) is 0 Å². The van der Waals surface area contributed by atoms with Crippen LogP contribution in [-0.4, -0.2) is 76.9 Å². The van der Waals surface area contributed by atoms with Gasteiger partial charge in [-0.2, -0.15) is 0 Å². The third-order valence-electron chi connectivity index (χ3n) is 4.60. The molecule has 1 aliphatic heterocycles. The van der Waals surface area contributed by atoms with E-state index in [1.807, 2.05) is 45.9 Å². The van der Waals surface area contributed by atoms with E-state index in [-0.39, 0.29) is 6.09 Å². The Bertz CT molecular complexity index is 1030. The van der Waals surface area contributed by atoms with Crippen molar-refractivity contribution in [3.63, 3.8) is 0 Å². The van der Waals surface area contributed by atoms with Gasteiger partial charge in [-0.15, -0.1) is 0 Å². The molecule has 0 atom stereocenters. The van der Waals surface area contributed by atoms with Crippen molar-refractivity contribution >= 4 is 51.1 Å². The number of aliphatic hydroxyl groups is 1. The number of nitrogens with one attached hydrogen (secondary N) is 1. The zero-order valence-corrected chi connectivity index (χ0v) is 19.9. The molecular weight excluding hydrogens is 427 g/mol. The molecule has 3 aromatic heterocycles. The van der Waals surface area contributed by atoms with Crippen LogP contribution in [0.25, 0.3) is 10.1 Å². The number of hydrogen-bond donors (Lipinski definition) is 2. The summed E-state index contributed by atoms with van der Waals surface area (Å²) in [4.78, 5) is 31.8. The van der Waals surface area contributed by atoms with Gasteiger partial charge in [-0.3, -0.25) is 0 Å². The summed E-state index contributed by atoms with van der Waals surface area (Å²) in [5, 5.41) is 11.5. The van der Waals surface area contributed by atoms with Crippen molar-refractivity contribution in [2.75, 3.05) is 43.5 Å². The molecule has 1 amide bonds. The van der Waals surface area contributed by atoms with Crippen LogP contribution in [0.5, 0.6) is 0 Å². The first kappa shape index (κ1) is 23.9. The Kier molecular flexibility index (Phi) is 7.62. The molecule has 1 fully saturated rings. The molecule has 11 heteroatoms. The standard InChI is InChI=1S/C20H25BN6O2S.CH4O/c1-13-12-15(24-17-21-14-6-5-7-22-16(14)30-17)25-18(23-13)26-8-10-27(11-9-26)19(28)29-20(2,3)4;1-2/h5-7,12H,8-11H2,1-4H3,(H,23,24,25);2H,1H3. The fourth-order valence-electron chi connectivity index (χ4n) is 3.23. The van der Waals surface area contributed by atoms with Crippen molar-refractivity contribution in [3.05, 3.63) is 30.1 Å². The second-order valence-electron chi connectivity index (χ2n) is 8.28. The molecule has 9 nitrogen and oxygen atoms in total. The summed E-state index contributed by atoms with van der Waals surface area (Å²) >= 11 is 1.59. The second kappa shape index (κ2) is 10.2. The Morgan fingerprint density at radius 2 is 1.94 bits per heavy atom. The van der Waals surface area contributed by atoms with Crippen LogP contribution in [0.1, 0.15) is 26.5 Å². The minimum atomic E-state index is -0.490. The molecule has 4 rings (SSSR count). The Labute approximate surface area is 192 Å². The van der Waals surface area contributed by atoms with Crippen molar-refractivity contribution in [1.29, 1.82) is 0 Å². The number of carbonyl (C=O) groups is 1. The molecule has 0 radical (unpaired) electrons. The number of aryl methyl sites for hydroxylation is 1. The summed E-state index contributed by atoms with van der Waals surface area (Å²) in [7, 11) is 1.00. The van der Waals surface area contributed by atoms with Gasteiger partial charge in [0, 0.05) is 7.11 Å². The number of pyridine rings is 1. The minimum absolute atomic E-state index is 0.270. The van der Waals surface area contributed by atoms with Gasteiger partial charge >= 0.3 is 160 Å². The molecule has 1 saturated heterocycles. The first-order chi connectivity index (χ1) is 15.3. The fraction of sp³-hybridized carbons (Fsp3) is 0.476. The zero-order chi connectivity index (χ0) is 23.3. The first-order valence-corrected chi connectivity index (χ1v) is 11.2. The van der Waals surface area contributed by atoms with Gasteiger partial charge < -0.3 is 5.11 Å². The van der Waals surface area contributed by atoms with E-state index in [1.165, 1.54) is 0 Å². The number of aliphatic hydroxyl groups excluding tert-OH is 1. The van der Waals surface area contributed by atoms with E-state index in [2.05, 4.69) is 27.1 Å². The summed E-state index contributed by atoms with van der Waals surface area (Å²) in [6.07, 6.45) is 1.53. The topological polar surface area (TPSA) is 104 Å². The van der Waals surface area contributed by atoms with Crippen LogP contribution in [0.3, 0.4) is 0 Å². The maximum atomic E-state index is 12.3. The van der Waals surface area contributed by atoms with E-state index in [4.69, 9.17) is 14.8 Å². The summed E-state index contributed by atoms with van der Waals surface area (Å²) in [6, 6.07) is 5.91. The maximum absolute atomic E-state index is 12.3. The Balaban J connectivity index is 0.00000141. The second-order valence-corrected chi connectivity index (χ2v) is 9.31. The molecule has 0 unspecified atom stereocenters. The predicted octanol–water partition coefficient (Wildman–Crippen LogP) is 3.14. The molecule has 0 bridgehead atoms. The first-order valence-electron chi connectivity index (χ1n) is 10.4. The van der Waals surface area contributed by atoms with Gasteiger partial charge in [-0.25, -0.2) is 0 Å². The summed E-state index contributed by atoms with van der Waals surface area (Å²) < 4.78 is 5.47. The molecule has 0 aliphatic carbocycles. The average molecular weight is 456 g/mol. The van der Waals surface area contributed by atoms with Crippen LogP contribution in [0.15, 0.2) is 24.4 Å². The number of ether oxygens (including phenoxy) is 1. The molecular formula is C21H29BN6O3S. The SMILES string of the molecule is CO.Cc1cc(Nc2bc3cccnc3s2)nc(N2CCN(C(=O)OC(C)(C)C)CC2)n1. The summed E-state index contributed by atoms with van der Waals surface area (Å²) in [5.74, 6) is 1.42. The van der Waals surface area contributed by atoms with Gasteiger partial charge in [0.25, 0.3) is 0 Å².